The van der Waals surface area contributed by atoms with E-state index in [1.165, 1.54) is 0 Å². The minimum absolute atomic E-state index is 0. The number of primary amides is 1. The zero-order valence-electron chi connectivity index (χ0n) is 5.90. The first-order chi connectivity index (χ1) is 4.50. The second-order valence-electron chi connectivity index (χ2n) is 1.17. The first-order valence-corrected chi connectivity index (χ1v) is 3.35. The smallest absolute Gasteiger partial charge is 0.275 e. The van der Waals surface area contributed by atoms with Crippen LogP contribution in [0.4, 0.5) is 9.59 Å². The number of carbonyl (C=O) groups is 2. The fourth-order valence-electron chi connectivity index (χ4n) is 0.151. The second kappa shape index (κ2) is 13.1. The third-order valence-electron chi connectivity index (χ3n) is 0.328. The van der Waals surface area contributed by atoms with Gasteiger partial charge in [-0.1, -0.05) is 25.3 Å². The van der Waals surface area contributed by atoms with Crippen LogP contribution in [-0.4, -0.2) is 40.7 Å². The number of amides is 2. The van der Waals surface area contributed by atoms with Crippen LogP contribution in [0.5, 0.6) is 0 Å². The molecule has 0 aliphatic heterocycles. The number of nitrogens with one attached hydrogen (secondary N) is 1. The number of carbonyl (C=O) groups excluding carboxylic acids is 2. The van der Waals surface area contributed by atoms with Crippen molar-refractivity contribution in [2.24, 2.45) is 5.73 Å². The average molecular weight is 310 g/mol. The van der Waals surface area contributed by atoms with Crippen LogP contribution < -0.4 is 11.1 Å². The molecule has 0 aromatic rings. The van der Waals surface area contributed by atoms with Gasteiger partial charge >= 0.3 is 0 Å². The van der Waals surface area contributed by atoms with E-state index in [-0.39, 0.29) is 28.9 Å². The zero-order chi connectivity index (χ0) is 8.57. The predicted octanol–water partition coefficient (Wildman–Crippen LogP) is 0.260. The summed E-state index contributed by atoms with van der Waals surface area (Å²) in [5.41, 5.74) is 4.34. The number of rotatable bonds is 1. The number of thiol groups is 2. The third-order valence-corrected chi connectivity index (χ3v) is 0.486. The van der Waals surface area contributed by atoms with Crippen molar-refractivity contribution in [1.29, 1.82) is 0 Å². The molecular formula is C4H10N2O2S2Te. The Bertz CT molecular complexity index is 119. The number of hydrogen-bond acceptors (Lipinski definition) is 2. The molecule has 0 unspecified atom stereocenters. The summed E-state index contributed by atoms with van der Waals surface area (Å²) < 4.78 is 0. The van der Waals surface area contributed by atoms with Crippen LogP contribution in [0.2, 0.25) is 0 Å². The largest absolute Gasteiger partial charge is 0.361 e. The van der Waals surface area contributed by atoms with E-state index in [1.807, 2.05) is 6.92 Å². The maximum Gasteiger partial charge on any atom is 0.275 e. The maximum atomic E-state index is 9.80. The molecule has 0 atom stereocenters. The van der Waals surface area contributed by atoms with E-state index in [9.17, 15) is 4.79 Å². The Morgan fingerprint density at radius 3 is 1.73 bits per heavy atom. The molecule has 0 aromatic carbocycles. The summed E-state index contributed by atoms with van der Waals surface area (Å²) >= 11 is 6.53. The molecule has 0 heterocycles. The normalized spacial score (nSPS) is 6.45. The molecule has 3 N–H and O–H groups in total. The van der Waals surface area contributed by atoms with Gasteiger partial charge in [0.2, 0.25) is 0 Å². The molecule has 11 heavy (non-hydrogen) atoms. The monoisotopic (exact) mass is 312 g/mol. The van der Waals surface area contributed by atoms with E-state index < -0.39 is 5.24 Å². The van der Waals surface area contributed by atoms with Gasteiger partial charge < -0.3 is 11.1 Å². The summed E-state index contributed by atoms with van der Waals surface area (Å²) in [5.74, 6) is 0. The molecule has 0 fully saturated rings. The van der Waals surface area contributed by atoms with Gasteiger partial charge in [0.25, 0.3) is 10.5 Å². The molecule has 66 valence electrons. The van der Waals surface area contributed by atoms with Gasteiger partial charge in [-0.2, -0.15) is 0 Å². The van der Waals surface area contributed by atoms with Gasteiger partial charge in [0.05, 0.1) is 0 Å². The van der Waals surface area contributed by atoms with Crippen LogP contribution in [0.25, 0.3) is 0 Å². The third kappa shape index (κ3) is 63.0. The topological polar surface area (TPSA) is 72.2 Å². The van der Waals surface area contributed by atoms with Crippen molar-refractivity contribution >= 4 is 59.4 Å². The van der Waals surface area contributed by atoms with Gasteiger partial charge in [0.15, 0.2) is 0 Å². The van der Waals surface area contributed by atoms with Gasteiger partial charge in [0.1, 0.15) is 0 Å². The Labute approximate surface area is 93.2 Å². The maximum absolute atomic E-state index is 9.80. The SMILES string of the molecule is CCNC(=O)S.NC(=O)S.[Te]. The first-order valence-electron chi connectivity index (χ1n) is 2.45. The Morgan fingerprint density at radius 2 is 1.73 bits per heavy atom. The first kappa shape index (κ1) is 17.5. The van der Waals surface area contributed by atoms with Gasteiger partial charge in [-0.3, -0.25) is 9.59 Å². The quantitative estimate of drug-likeness (QED) is 0.414. The molecule has 0 rings (SSSR count). The molecule has 0 aromatic heterocycles. The zero-order valence-corrected chi connectivity index (χ0v) is 10.0. The molecule has 2 radical (unpaired) electrons. The van der Waals surface area contributed by atoms with E-state index in [2.05, 4.69) is 36.3 Å². The molecule has 0 spiro atoms. The molecule has 4 nitrogen and oxygen atoms in total. The van der Waals surface area contributed by atoms with Crippen molar-refractivity contribution in [3.05, 3.63) is 0 Å². The Kier molecular flexibility index (Phi) is 20.8. The molecule has 7 heteroatoms. The summed E-state index contributed by atoms with van der Waals surface area (Å²) in [6.45, 7) is 2.50. The van der Waals surface area contributed by atoms with Gasteiger partial charge in [0, 0.05) is 30.2 Å². The summed E-state index contributed by atoms with van der Waals surface area (Å²) in [5, 5.41) is 1.53. The van der Waals surface area contributed by atoms with Crippen LogP contribution in [0.3, 0.4) is 0 Å². The van der Waals surface area contributed by atoms with E-state index in [1.54, 1.807) is 0 Å². The van der Waals surface area contributed by atoms with Crippen LogP contribution in [0, 0.1) is 0 Å². The molecule has 0 saturated heterocycles. The van der Waals surface area contributed by atoms with Crippen molar-refractivity contribution in [3.8, 4) is 0 Å². The summed E-state index contributed by atoms with van der Waals surface area (Å²) in [6, 6.07) is 0. The fraction of sp³-hybridized carbons (Fsp3) is 0.500. The molecule has 2 amide bonds. The molecule has 0 aliphatic rings. The minimum Gasteiger partial charge on any atom is -0.361 e. The van der Waals surface area contributed by atoms with Crippen LogP contribution in [-0.2, 0) is 0 Å². The van der Waals surface area contributed by atoms with Crippen LogP contribution in [0.15, 0.2) is 0 Å². The van der Waals surface area contributed by atoms with Gasteiger partial charge in [-0.05, 0) is 6.92 Å². The Balaban J connectivity index is -0.000000114. The Morgan fingerprint density at radius 1 is 1.45 bits per heavy atom. The fourth-order valence-corrected chi connectivity index (χ4v) is 0.309. The molecule has 0 saturated carbocycles. The van der Waals surface area contributed by atoms with E-state index in [0.29, 0.717) is 6.54 Å². The average Bonchev–Trinajstić information content (AvgIpc) is 1.62. The van der Waals surface area contributed by atoms with Crippen LogP contribution >= 0.6 is 25.3 Å². The number of hydrogen-bond donors (Lipinski definition) is 4. The van der Waals surface area contributed by atoms with Crippen molar-refractivity contribution in [1.82, 2.24) is 5.32 Å². The van der Waals surface area contributed by atoms with Crippen molar-refractivity contribution < 1.29 is 9.59 Å². The van der Waals surface area contributed by atoms with Crippen molar-refractivity contribution in [2.75, 3.05) is 6.54 Å². The summed E-state index contributed by atoms with van der Waals surface area (Å²) in [6.07, 6.45) is 0. The summed E-state index contributed by atoms with van der Waals surface area (Å²) in [7, 11) is 0. The van der Waals surface area contributed by atoms with Crippen molar-refractivity contribution in [2.45, 2.75) is 6.92 Å². The van der Waals surface area contributed by atoms with Crippen LogP contribution in [0.1, 0.15) is 6.92 Å². The summed E-state index contributed by atoms with van der Waals surface area (Å²) in [4.78, 5) is 18.9. The van der Waals surface area contributed by atoms with Crippen molar-refractivity contribution in [3.63, 3.8) is 0 Å². The molecule has 0 aliphatic carbocycles. The Hall–Kier alpha value is 0.430. The van der Waals surface area contributed by atoms with Gasteiger partial charge in [-0.15, -0.1) is 0 Å². The minimum atomic E-state index is -0.639. The van der Waals surface area contributed by atoms with E-state index in [0.717, 1.165) is 0 Å². The standard InChI is InChI=1S/C3H7NOS.CH3NOS.Te/c1-2-4-3(5)6;2-1(3)4;/h2H2,1H3,(H2,4,5,6);(H3,2,3,4);. The second-order valence-corrected chi connectivity index (χ2v) is 2.02. The molecule has 0 bridgehead atoms. The predicted molar refractivity (Wildman–Crippen MR) is 52.4 cm³/mol. The van der Waals surface area contributed by atoms with Gasteiger partial charge in [-0.25, -0.2) is 0 Å². The number of nitrogens with two attached hydrogens (primary N) is 1. The molecular weight excluding hydrogens is 300 g/mol. The van der Waals surface area contributed by atoms with E-state index in [4.69, 9.17) is 4.79 Å². The van der Waals surface area contributed by atoms with E-state index >= 15 is 0 Å².